The van der Waals surface area contributed by atoms with E-state index in [1.54, 1.807) is 21.3 Å². The van der Waals surface area contributed by atoms with E-state index < -0.39 is 0 Å². The lowest BCUT2D eigenvalue weighted by atomic mass is 10.3. The smallest absolute Gasteiger partial charge is 0.191 e. The molecule has 0 aliphatic heterocycles. The Bertz CT molecular complexity index is 486. The Labute approximate surface area is 173 Å². The number of nitrogens with one attached hydrogen (secondary N) is 2. The molecule has 1 aromatic rings. The normalized spacial score (nSPS) is 12.1. The third-order valence-electron chi connectivity index (χ3n) is 3.37. The molecule has 1 unspecified atom stereocenters. The topological polar surface area (TPSA) is 73.3 Å². The first-order valence-electron chi connectivity index (χ1n) is 8.51. The fourth-order valence-corrected chi connectivity index (χ4v) is 2.01. The number of hydrogen-bond donors (Lipinski definition) is 2. The SMILES string of the molecule is CN=C(NCCCOCCOC)NCC(C)Oc1ccc(OC)cc1.I. The molecule has 0 radical (unpaired) electrons. The Morgan fingerprint density at radius 3 is 2.35 bits per heavy atom. The summed E-state index contributed by atoms with van der Waals surface area (Å²) in [5.74, 6) is 2.38. The van der Waals surface area contributed by atoms with Crippen molar-refractivity contribution in [3.63, 3.8) is 0 Å². The lowest BCUT2D eigenvalue weighted by molar-refractivity contribution is 0.0698. The summed E-state index contributed by atoms with van der Waals surface area (Å²) in [6, 6.07) is 7.55. The van der Waals surface area contributed by atoms with Gasteiger partial charge in [-0.3, -0.25) is 4.99 Å². The van der Waals surface area contributed by atoms with Crippen LogP contribution in [0, 0.1) is 0 Å². The molecule has 2 N–H and O–H groups in total. The molecule has 0 heterocycles. The van der Waals surface area contributed by atoms with E-state index in [1.807, 2.05) is 31.2 Å². The second-order valence-corrected chi connectivity index (χ2v) is 5.44. The predicted octanol–water partition coefficient (Wildman–Crippen LogP) is 2.30. The molecule has 8 heteroatoms. The Kier molecular flexibility index (Phi) is 15.2. The number of halogens is 1. The first-order valence-corrected chi connectivity index (χ1v) is 8.51. The highest BCUT2D eigenvalue weighted by atomic mass is 127. The average Bonchev–Trinajstić information content (AvgIpc) is 2.64. The number of hydrogen-bond acceptors (Lipinski definition) is 5. The number of nitrogens with zero attached hydrogens (tertiary/aromatic N) is 1. The summed E-state index contributed by atoms with van der Waals surface area (Å²) >= 11 is 0. The van der Waals surface area contributed by atoms with Crippen LogP contribution in [0.5, 0.6) is 11.5 Å². The molecule has 1 rings (SSSR count). The highest BCUT2D eigenvalue weighted by molar-refractivity contribution is 14.0. The van der Waals surface area contributed by atoms with Crippen LogP contribution in [-0.4, -0.2) is 66.2 Å². The molecular weight excluding hydrogens is 449 g/mol. The van der Waals surface area contributed by atoms with Gasteiger partial charge in [-0.15, -0.1) is 24.0 Å². The monoisotopic (exact) mass is 481 g/mol. The maximum atomic E-state index is 5.86. The molecule has 26 heavy (non-hydrogen) atoms. The van der Waals surface area contributed by atoms with E-state index >= 15 is 0 Å². The second kappa shape index (κ2) is 16.0. The summed E-state index contributed by atoms with van der Waals surface area (Å²) in [5.41, 5.74) is 0. The highest BCUT2D eigenvalue weighted by Gasteiger charge is 2.06. The fraction of sp³-hybridized carbons (Fsp3) is 0.611. The van der Waals surface area contributed by atoms with Gasteiger partial charge in [0, 0.05) is 27.3 Å². The van der Waals surface area contributed by atoms with E-state index in [0.29, 0.717) is 26.4 Å². The van der Waals surface area contributed by atoms with E-state index in [4.69, 9.17) is 18.9 Å². The van der Waals surface area contributed by atoms with Crippen molar-refractivity contribution in [2.45, 2.75) is 19.4 Å². The minimum Gasteiger partial charge on any atom is -0.497 e. The number of rotatable bonds is 12. The summed E-state index contributed by atoms with van der Waals surface area (Å²) in [4.78, 5) is 4.20. The van der Waals surface area contributed by atoms with Crippen molar-refractivity contribution >= 4 is 29.9 Å². The van der Waals surface area contributed by atoms with Crippen molar-refractivity contribution in [1.82, 2.24) is 10.6 Å². The third kappa shape index (κ3) is 11.4. The quantitative estimate of drug-likeness (QED) is 0.207. The molecule has 0 saturated heterocycles. The van der Waals surface area contributed by atoms with Gasteiger partial charge in [0.25, 0.3) is 0 Å². The van der Waals surface area contributed by atoms with E-state index in [-0.39, 0.29) is 30.1 Å². The Balaban J connectivity index is 0.00000625. The van der Waals surface area contributed by atoms with E-state index in [1.165, 1.54) is 0 Å². The highest BCUT2D eigenvalue weighted by Crippen LogP contribution is 2.17. The van der Waals surface area contributed by atoms with Crippen LogP contribution in [0.3, 0.4) is 0 Å². The van der Waals surface area contributed by atoms with Gasteiger partial charge in [0.15, 0.2) is 5.96 Å². The zero-order valence-corrected chi connectivity index (χ0v) is 18.4. The molecular formula is C18H32IN3O4. The van der Waals surface area contributed by atoms with Crippen LogP contribution in [0.4, 0.5) is 0 Å². The number of benzene rings is 1. The van der Waals surface area contributed by atoms with Crippen LogP contribution in [0.15, 0.2) is 29.3 Å². The van der Waals surface area contributed by atoms with Crippen molar-refractivity contribution in [3.05, 3.63) is 24.3 Å². The van der Waals surface area contributed by atoms with Crippen LogP contribution in [0.1, 0.15) is 13.3 Å². The number of guanidine groups is 1. The summed E-state index contributed by atoms with van der Waals surface area (Å²) in [5, 5.41) is 6.50. The van der Waals surface area contributed by atoms with Gasteiger partial charge in [-0.2, -0.15) is 0 Å². The summed E-state index contributed by atoms with van der Waals surface area (Å²) in [6.07, 6.45) is 0.909. The molecule has 1 aromatic carbocycles. The molecule has 7 nitrogen and oxygen atoms in total. The van der Waals surface area contributed by atoms with Crippen molar-refractivity contribution in [3.8, 4) is 11.5 Å². The Hall–Kier alpha value is -1.26. The lowest BCUT2D eigenvalue weighted by Crippen LogP contribution is -2.42. The van der Waals surface area contributed by atoms with Crippen LogP contribution in [-0.2, 0) is 9.47 Å². The largest absolute Gasteiger partial charge is 0.497 e. The van der Waals surface area contributed by atoms with Gasteiger partial charge in [0.1, 0.15) is 17.6 Å². The van der Waals surface area contributed by atoms with Crippen molar-refractivity contribution in [1.29, 1.82) is 0 Å². The van der Waals surface area contributed by atoms with E-state index in [2.05, 4.69) is 15.6 Å². The fourth-order valence-electron chi connectivity index (χ4n) is 2.01. The molecule has 0 spiro atoms. The molecule has 0 fully saturated rings. The molecule has 150 valence electrons. The Morgan fingerprint density at radius 2 is 1.73 bits per heavy atom. The molecule has 0 bridgehead atoms. The lowest BCUT2D eigenvalue weighted by Gasteiger charge is -2.18. The van der Waals surface area contributed by atoms with Gasteiger partial charge in [-0.1, -0.05) is 0 Å². The second-order valence-electron chi connectivity index (χ2n) is 5.44. The van der Waals surface area contributed by atoms with Crippen molar-refractivity contribution in [2.75, 3.05) is 54.2 Å². The van der Waals surface area contributed by atoms with Gasteiger partial charge in [-0.05, 0) is 37.6 Å². The molecule has 0 aliphatic rings. The maximum Gasteiger partial charge on any atom is 0.191 e. The van der Waals surface area contributed by atoms with Gasteiger partial charge in [0.2, 0.25) is 0 Å². The molecule has 0 amide bonds. The first-order chi connectivity index (χ1) is 12.2. The van der Waals surface area contributed by atoms with Gasteiger partial charge in [0.05, 0.1) is 26.9 Å². The van der Waals surface area contributed by atoms with Crippen LogP contribution in [0.2, 0.25) is 0 Å². The third-order valence-corrected chi connectivity index (χ3v) is 3.37. The van der Waals surface area contributed by atoms with Gasteiger partial charge < -0.3 is 29.6 Å². The zero-order valence-electron chi connectivity index (χ0n) is 16.1. The molecule has 1 atom stereocenters. The first kappa shape index (κ1) is 24.7. The molecule has 0 aliphatic carbocycles. The average molecular weight is 481 g/mol. The van der Waals surface area contributed by atoms with Crippen LogP contribution < -0.4 is 20.1 Å². The predicted molar refractivity (Wildman–Crippen MR) is 115 cm³/mol. The summed E-state index contributed by atoms with van der Waals surface area (Å²) in [6.45, 7) is 5.40. The van der Waals surface area contributed by atoms with Crippen molar-refractivity contribution < 1.29 is 18.9 Å². The minimum absolute atomic E-state index is 0. The van der Waals surface area contributed by atoms with Crippen LogP contribution >= 0.6 is 24.0 Å². The summed E-state index contributed by atoms with van der Waals surface area (Å²) < 4.78 is 21.3. The maximum absolute atomic E-state index is 5.86. The standard InChI is InChI=1S/C18H31N3O4.HI/c1-15(25-17-8-6-16(23-4)7-9-17)14-21-18(19-2)20-10-5-11-24-13-12-22-3;/h6-9,15H,5,10-14H2,1-4H3,(H2,19,20,21);1H. The van der Waals surface area contributed by atoms with Crippen molar-refractivity contribution in [2.24, 2.45) is 4.99 Å². The van der Waals surface area contributed by atoms with Gasteiger partial charge in [-0.25, -0.2) is 0 Å². The molecule has 0 saturated carbocycles. The zero-order chi connectivity index (χ0) is 18.3. The van der Waals surface area contributed by atoms with E-state index in [9.17, 15) is 0 Å². The number of methoxy groups -OCH3 is 2. The van der Waals surface area contributed by atoms with Gasteiger partial charge >= 0.3 is 0 Å². The minimum atomic E-state index is 0. The van der Waals surface area contributed by atoms with Crippen LogP contribution in [0.25, 0.3) is 0 Å². The number of aliphatic imine (C=N–C) groups is 1. The summed E-state index contributed by atoms with van der Waals surface area (Å²) in [7, 11) is 5.06. The number of ether oxygens (including phenoxy) is 4. The van der Waals surface area contributed by atoms with E-state index in [0.717, 1.165) is 30.4 Å². The molecule has 0 aromatic heterocycles. The Morgan fingerprint density at radius 1 is 1.04 bits per heavy atom.